The normalized spacial score (nSPS) is 9.69. The van der Waals surface area contributed by atoms with Gasteiger partial charge in [0.15, 0.2) is 0 Å². The summed E-state index contributed by atoms with van der Waals surface area (Å²) in [5.74, 6) is -0.381. The molecule has 0 radical (unpaired) electrons. The van der Waals surface area contributed by atoms with E-state index in [1.165, 1.54) is 13.2 Å². The van der Waals surface area contributed by atoms with E-state index in [1.54, 1.807) is 6.07 Å². The van der Waals surface area contributed by atoms with E-state index in [2.05, 4.69) is 25.7 Å². The minimum Gasteiger partial charge on any atom is -0.469 e. The molecule has 70 valence electrons. The van der Waals surface area contributed by atoms with Crippen LogP contribution in [0.5, 0.6) is 0 Å². The molecule has 0 amide bonds. The number of esters is 1. The van der Waals surface area contributed by atoms with Crippen LogP contribution in [0.15, 0.2) is 21.4 Å². The van der Waals surface area contributed by atoms with Crippen LogP contribution in [0, 0.1) is 0 Å². The number of pyridine rings is 1. The summed E-state index contributed by atoms with van der Waals surface area (Å²) < 4.78 is 5.11. The summed E-state index contributed by atoms with van der Waals surface area (Å²) in [5.41, 5.74) is 0.291. The van der Waals surface area contributed by atoms with Crippen LogP contribution in [-0.4, -0.2) is 18.1 Å². The summed E-state index contributed by atoms with van der Waals surface area (Å²) >= 11 is 3.15. The molecule has 0 aromatic carbocycles. The summed E-state index contributed by atoms with van der Waals surface area (Å²) in [6.07, 6.45) is 0.0746. The van der Waals surface area contributed by atoms with Gasteiger partial charge < -0.3 is 9.72 Å². The van der Waals surface area contributed by atoms with Crippen LogP contribution in [0.4, 0.5) is 0 Å². The third-order valence-electron chi connectivity index (χ3n) is 1.43. The zero-order valence-corrected chi connectivity index (χ0v) is 8.55. The molecular weight excluding hydrogens is 238 g/mol. The first kappa shape index (κ1) is 9.98. The first-order chi connectivity index (χ1) is 6.11. The summed E-state index contributed by atoms with van der Waals surface area (Å²) in [6.45, 7) is 0. The molecule has 0 bridgehead atoms. The van der Waals surface area contributed by atoms with Gasteiger partial charge in [-0.3, -0.25) is 9.59 Å². The summed E-state index contributed by atoms with van der Waals surface area (Å²) in [4.78, 5) is 24.3. The lowest BCUT2D eigenvalue weighted by Gasteiger charge is -1.99. The number of hydrogen-bond acceptors (Lipinski definition) is 3. The fraction of sp³-hybridized carbons (Fsp3) is 0.250. The quantitative estimate of drug-likeness (QED) is 0.787. The Morgan fingerprint density at radius 3 is 2.85 bits per heavy atom. The van der Waals surface area contributed by atoms with Crippen molar-refractivity contribution < 1.29 is 9.53 Å². The molecule has 4 nitrogen and oxygen atoms in total. The Kier molecular flexibility index (Phi) is 3.25. The van der Waals surface area contributed by atoms with Gasteiger partial charge in [0.25, 0.3) is 0 Å². The van der Waals surface area contributed by atoms with Gasteiger partial charge in [0.1, 0.15) is 0 Å². The van der Waals surface area contributed by atoms with Crippen molar-refractivity contribution in [1.29, 1.82) is 0 Å². The molecule has 1 rings (SSSR count). The number of carbonyl (C=O) groups is 1. The second kappa shape index (κ2) is 4.23. The van der Waals surface area contributed by atoms with Crippen molar-refractivity contribution in [3.8, 4) is 0 Å². The minimum atomic E-state index is -0.381. The maximum Gasteiger partial charge on any atom is 0.311 e. The van der Waals surface area contributed by atoms with E-state index in [4.69, 9.17) is 0 Å². The highest BCUT2D eigenvalue weighted by Crippen LogP contribution is 2.07. The van der Waals surface area contributed by atoms with E-state index in [0.29, 0.717) is 10.2 Å². The highest BCUT2D eigenvalue weighted by molar-refractivity contribution is 9.10. The lowest BCUT2D eigenvalue weighted by Crippen LogP contribution is -2.12. The van der Waals surface area contributed by atoms with Crippen molar-refractivity contribution in [3.63, 3.8) is 0 Å². The smallest absolute Gasteiger partial charge is 0.311 e. The minimum absolute atomic E-state index is 0.0746. The van der Waals surface area contributed by atoms with Gasteiger partial charge in [-0.1, -0.05) is 15.9 Å². The lowest BCUT2D eigenvalue weighted by atomic mass is 10.3. The number of ether oxygens (including phenoxy) is 1. The number of carbonyl (C=O) groups excluding carboxylic acids is 1. The van der Waals surface area contributed by atoms with Crippen LogP contribution in [0.3, 0.4) is 0 Å². The molecule has 0 saturated heterocycles. The van der Waals surface area contributed by atoms with Crippen molar-refractivity contribution >= 4 is 21.9 Å². The van der Waals surface area contributed by atoms with Gasteiger partial charge in [0.05, 0.1) is 13.5 Å². The van der Waals surface area contributed by atoms with Crippen LogP contribution < -0.4 is 5.56 Å². The number of aromatic amines is 1. The van der Waals surface area contributed by atoms with E-state index >= 15 is 0 Å². The number of hydrogen-bond donors (Lipinski definition) is 1. The maximum absolute atomic E-state index is 10.9. The highest BCUT2D eigenvalue weighted by atomic mass is 79.9. The Morgan fingerprint density at radius 1 is 1.62 bits per heavy atom. The molecule has 0 saturated carbocycles. The number of rotatable bonds is 2. The number of halogens is 1. The first-order valence-corrected chi connectivity index (χ1v) is 4.36. The van der Waals surface area contributed by atoms with Gasteiger partial charge in [-0.15, -0.1) is 0 Å². The lowest BCUT2D eigenvalue weighted by molar-refractivity contribution is -0.139. The molecule has 1 aromatic rings. The van der Waals surface area contributed by atoms with E-state index in [-0.39, 0.29) is 17.9 Å². The first-order valence-electron chi connectivity index (χ1n) is 3.57. The van der Waals surface area contributed by atoms with E-state index < -0.39 is 0 Å². The molecule has 13 heavy (non-hydrogen) atoms. The Labute approximate surface area is 83.1 Å². The van der Waals surface area contributed by atoms with Crippen molar-refractivity contribution in [2.45, 2.75) is 6.42 Å². The Balaban J connectivity index is 2.89. The zero-order valence-electron chi connectivity index (χ0n) is 6.96. The Bertz CT molecular complexity index is 372. The number of methoxy groups -OCH3 is 1. The molecule has 5 heteroatoms. The topological polar surface area (TPSA) is 59.2 Å². The van der Waals surface area contributed by atoms with E-state index in [9.17, 15) is 9.59 Å². The summed E-state index contributed by atoms with van der Waals surface area (Å²) in [6, 6.07) is 3.05. The molecule has 0 unspecified atom stereocenters. The summed E-state index contributed by atoms with van der Waals surface area (Å²) in [7, 11) is 1.30. The highest BCUT2D eigenvalue weighted by Gasteiger charge is 2.04. The van der Waals surface area contributed by atoms with Gasteiger partial charge in [-0.25, -0.2) is 0 Å². The predicted octanol–water partition coefficient (Wildman–Crippen LogP) is 0.853. The van der Waals surface area contributed by atoms with Crippen LogP contribution in [0.25, 0.3) is 0 Å². The third-order valence-corrected chi connectivity index (χ3v) is 1.89. The predicted molar refractivity (Wildman–Crippen MR) is 50.5 cm³/mol. The fourth-order valence-electron chi connectivity index (χ4n) is 0.887. The second-order valence-electron chi connectivity index (χ2n) is 2.44. The van der Waals surface area contributed by atoms with Gasteiger partial charge >= 0.3 is 5.97 Å². The van der Waals surface area contributed by atoms with Crippen LogP contribution >= 0.6 is 15.9 Å². The zero-order chi connectivity index (χ0) is 9.84. The molecule has 0 atom stereocenters. The molecule has 0 spiro atoms. The molecular formula is C8H8BrNO3. The molecule has 1 aromatic heterocycles. The monoisotopic (exact) mass is 245 g/mol. The molecule has 0 aliphatic rings. The SMILES string of the molecule is COC(=O)Cc1cc(Br)cc(=O)[nH]1. The standard InChI is InChI=1S/C8H8BrNO3/c1-13-8(12)4-6-2-5(9)3-7(11)10-6/h2-3H,4H2,1H3,(H,10,11). The Morgan fingerprint density at radius 2 is 2.31 bits per heavy atom. The summed E-state index contributed by atoms with van der Waals surface area (Å²) in [5, 5.41) is 0. The maximum atomic E-state index is 10.9. The van der Waals surface area contributed by atoms with Crippen LogP contribution in [0.2, 0.25) is 0 Å². The van der Waals surface area contributed by atoms with Crippen LogP contribution in [-0.2, 0) is 16.0 Å². The molecule has 1 N–H and O–H groups in total. The van der Waals surface area contributed by atoms with Gasteiger partial charge in [0.2, 0.25) is 5.56 Å². The van der Waals surface area contributed by atoms with Crippen molar-refractivity contribution in [1.82, 2.24) is 4.98 Å². The second-order valence-corrected chi connectivity index (χ2v) is 3.36. The van der Waals surface area contributed by atoms with E-state index in [0.717, 1.165) is 0 Å². The Hall–Kier alpha value is -1.10. The number of H-pyrrole nitrogens is 1. The van der Waals surface area contributed by atoms with Crippen molar-refractivity contribution in [2.24, 2.45) is 0 Å². The average molecular weight is 246 g/mol. The molecule has 0 fully saturated rings. The largest absolute Gasteiger partial charge is 0.469 e. The number of nitrogens with one attached hydrogen (secondary N) is 1. The van der Waals surface area contributed by atoms with Gasteiger partial charge in [-0.05, 0) is 6.07 Å². The van der Waals surface area contributed by atoms with Gasteiger partial charge in [0, 0.05) is 16.2 Å². The average Bonchev–Trinajstić information content (AvgIpc) is 2.02. The molecule has 0 aliphatic heterocycles. The fourth-order valence-corrected chi connectivity index (χ4v) is 1.37. The number of aromatic nitrogens is 1. The van der Waals surface area contributed by atoms with E-state index in [1.807, 2.05) is 0 Å². The molecule has 0 aliphatic carbocycles. The van der Waals surface area contributed by atoms with Gasteiger partial charge in [-0.2, -0.15) is 0 Å². The molecule has 1 heterocycles. The van der Waals surface area contributed by atoms with Crippen molar-refractivity contribution in [2.75, 3.05) is 7.11 Å². The van der Waals surface area contributed by atoms with Crippen LogP contribution in [0.1, 0.15) is 5.69 Å². The third kappa shape index (κ3) is 3.02. The van der Waals surface area contributed by atoms with Crippen molar-refractivity contribution in [3.05, 3.63) is 32.7 Å².